The van der Waals surface area contributed by atoms with Crippen molar-refractivity contribution in [1.82, 2.24) is 4.98 Å². The summed E-state index contributed by atoms with van der Waals surface area (Å²) in [5.74, 6) is -0.827. The normalized spacial score (nSPS) is 11.3. The van der Waals surface area contributed by atoms with Crippen molar-refractivity contribution in [2.75, 3.05) is 6.61 Å². The van der Waals surface area contributed by atoms with Crippen molar-refractivity contribution >= 4 is 28.9 Å². The molecule has 0 aliphatic carbocycles. The van der Waals surface area contributed by atoms with E-state index in [0.29, 0.717) is 0 Å². The van der Waals surface area contributed by atoms with Gasteiger partial charge >= 0.3 is 12.1 Å². The summed E-state index contributed by atoms with van der Waals surface area (Å²) in [6, 6.07) is 5.00. The van der Waals surface area contributed by atoms with Crippen molar-refractivity contribution < 1.29 is 27.4 Å². The maximum atomic E-state index is 12.9. The van der Waals surface area contributed by atoms with Crippen LogP contribution in [0, 0.1) is 0 Å². The number of esters is 1. The van der Waals surface area contributed by atoms with Gasteiger partial charge in [0.1, 0.15) is 6.61 Å². The van der Waals surface area contributed by atoms with Crippen molar-refractivity contribution in [2.45, 2.75) is 19.7 Å². The van der Waals surface area contributed by atoms with E-state index in [4.69, 9.17) is 21.1 Å². The Balaban J connectivity index is 2.21. The van der Waals surface area contributed by atoms with E-state index in [2.05, 4.69) is 4.98 Å². The van der Waals surface area contributed by atoms with E-state index >= 15 is 0 Å². The van der Waals surface area contributed by atoms with Crippen LogP contribution >= 0.6 is 22.9 Å². The summed E-state index contributed by atoms with van der Waals surface area (Å²) in [4.78, 5) is 15.6. The van der Waals surface area contributed by atoms with Crippen LogP contribution in [-0.2, 0) is 17.5 Å². The monoisotopic (exact) mass is 365 g/mol. The lowest BCUT2D eigenvalue weighted by Gasteiger charge is -2.13. The lowest BCUT2D eigenvalue weighted by Crippen LogP contribution is -2.11. The molecule has 0 N–H and O–H groups in total. The molecule has 0 amide bonds. The lowest BCUT2D eigenvalue weighted by atomic mass is 10.1. The molecular formula is C14H11ClF3NO3S. The summed E-state index contributed by atoms with van der Waals surface area (Å²) >= 11 is 6.57. The fraction of sp³-hybridized carbons (Fsp3) is 0.286. The van der Waals surface area contributed by atoms with Gasteiger partial charge in [-0.25, -0.2) is 4.79 Å². The number of halogens is 4. The summed E-state index contributed by atoms with van der Waals surface area (Å²) < 4.78 is 48.9. The van der Waals surface area contributed by atoms with Gasteiger partial charge < -0.3 is 9.47 Å². The van der Waals surface area contributed by atoms with Crippen LogP contribution in [0.2, 0.25) is 4.47 Å². The third-order valence-corrected chi connectivity index (χ3v) is 3.84. The second kappa shape index (κ2) is 7.18. The van der Waals surface area contributed by atoms with E-state index in [0.717, 1.165) is 17.4 Å². The van der Waals surface area contributed by atoms with Gasteiger partial charge in [-0.05, 0) is 13.0 Å². The molecule has 1 heterocycles. The van der Waals surface area contributed by atoms with E-state index < -0.39 is 24.3 Å². The number of hydrogen-bond donors (Lipinski definition) is 0. The molecule has 0 spiro atoms. The highest BCUT2D eigenvalue weighted by Crippen LogP contribution is 2.34. The zero-order valence-corrected chi connectivity index (χ0v) is 13.4. The first-order chi connectivity index (χ1) is 10.8. The Bertz CT molecular complexity index is 703. The Morgan fingerprint density at radius 3 is 2.70 bits per heavy atom. The summed E-state index contributed by atoms with van der Waals surface area (Å²) in [5, 5.41) is 0. The Hall–Kier alpha value is -1.80. The van der Waals surface area contributed by atoms with E-state index in [9.17, 15) is 18.0 Å². The molecular weight excluding hydrogens is 355 g/mol. The Kier molecular flexibility index (Phi) is 5.48. The first-order valence-electron chi connectivity index (χ1n) is 6.44. The second-order valence-electron chi connectivity index (χ2n) is 4.27. The van der Waals surface area contributed by atoms with Crippen molar-refractivity contribution in [3.05, 3.63) is 44.7 Å². The predicted octanol–water partition coefficient (Wildman–Crippen LogP) is 4.57. The van der Waals surface area contributed by atoms with Crippen molar-refractivity contribution in [2.24, 2.45) is 0 Å². The van der Waals surface area contributed by atoms with Gasteiger partial charge in [-0.2, -0.15) is 18.2 Å². The highest BCUT2D eigenvalue weighted by atomic mass is 35.5. The van der Waals surface area contributed by atoms with Gasteiger partial charge in [0.15, 0.2) is 9.34 Å². The van der Waals surface area contributed by atoms with Gasteiger partial charge in [0, 0.05) is 5.56 Å². The molecule has 1 aromatic carbocycles. The Morgan fingerprint density at radius 1 is 1.35 bits per heavy atom. The molecule has 2 aromatic rings. The molecule has 2 rings (SSSR count). The topological polar surface area (TPSA) is 48.4 Å². The SMILES string of the molecule is CCOC(=O)c1sc(Cl)nc1OCc1ccccc1C(F)(F)F. The van der Waals surface area contributed by atoms with Gasteiger partial charge in [-0.1, -0.05) is 41.1 Å². The minimum atomic E-state index is -4.50. The largest absolute Gasteiger partial charge is 0.472 e. The van der Waals surface area contributed by atoms with Gasteiger partial charge in [0.25, 0.3) is 0 Å². The zero-order valence-electron chi connectivity index (χ0n) is 11.8. The maximum absolute atomic E-state index is 12.9. The molecule has 4 nitrogen and oxygen atoms in total. The minimum Gasteiger partial charge on any atom is -0.472 e. The Labute approximate surface area is 138 Å². The Morgan fingerprint density at radius 2 is 2.04 bits per heavy atom. The van der Waals surface area contributed by atoms with Gasteiger partial charge in [0.05, 0.1) is 12.2 Å². The van der Waals surface area contributed by atoms with Crippen LogP contribution in [0.5, 0.6) is 5.88 Å². The zero-order chi connectivity index (χ0) is 17.0. The van der Waals surface area contributed by atoms with Crippen molar-refractivity contribution in [1.29, 1.82) is 0 Å². The average molecular weight is 366 g/mol. The van der Waals surface area contributed by atoms with Crippen LogP contribution in [0.3, 0.4) is 0 Å². The third kappa shape index (κ3) is 4.35. The molecule has 0 saturated heterocycles. The standard InChI is InChI=1S/C14H11ClF3NO3S/c1-2-21-12(20)10-11(19-13(15)23-10)22-7-8-5-3-4-6-9(8)14(16,17)18/h3-6H,2,7H2,1H3. The van der Waals surface area contributed by atoms with Crippen molar-refractivity contribution in [3.8, 4) is 5.88 Å². The molecule has 0 bridgehead atoms. The summed E-state index contributed by atoms with van der Waals surface area (Å²) in [6.45, 7) is 1.37. The smallest absolute Gasteiger partial charge is 0.416 e. The summed E-state index contributed by atoms with van der Waals surface area (Å²) in [5.41, 5.74) is -0.877. The summed E-state index contributed by atoms with van der Waals surface area (Å²) in [7, 11) is 0. The lowest BCUT2D eigenvalue weighted by molar-refractivity contribution is -0.138. The molecule has 0 unspecified atom stereocenters. The number of rotatable bonds is 5. The van der Waals surface area contributed by atoms with Gasteiger partial charge in [0.2, 0.25) is 5.88 Å². The van der Waals surface area contributed by atoms with E-state index in [1.54, 1.807) is 6.92 Å². The highest BCUT2D eigenvalue weighted by molar-refractivity contribution is 7.17. The van der Waals surface area contributed by atoms with Gasteiger partial charge in [-0.3, -0.25) is 0 Å². The second-order valence-corrected chi connectivity index (χ2v) is 5.85. The van der Waals surface area contributed by atoms with E-state index in [1.807, 2.05) is 0 Å². The number of carbonyl (C=O) groups excluding carboxylic acids is 1. The molecule has 23 heavy (non-hydrogen) atoms. The number of nitrogens with zero attached hydrogens (tertiary/aromatic N) is 1. The maximum Gasteiger partial charge on any atom is 0.416 e. The predicted molar refractivity (Wildman–Crippen MR) is 78.9 cm³/mol. The fourth-order valence-corrected chi connectivity index (χ4v) is 2.71. The van der Waals surface area contributed by atoms with Gasteiger partial charge in [-0.15, -0.1) is 0 Å². The first kappa shape index (κ1) is 17.6. The molecule has 0 atom stereocenters. The van der Waals surface area contributed by atoms with Crippen molar-refractivity contribution in [3.63, 3.8) is 0 Å². The van der Waals surface area contributed by atoms with E-state index in [1.165, 1.54) is 18.2 Å². The van der Waals surface area contributed by atoms with E-state index in [-0.39, 0.29) is 27.4 Å². The molecule has 0 radical (unpaired) electrons. The molecule has 1 aromatic heterocycles. The number of hydrogen-bond acceptors (Lipinski definition) is 5. The number of benzene rings is 1. The summed E-state index contributed by atoms with van der Waals surface area (Å²) in [6.07, 6.45) is -4.50. The van der Waals surface area contributed by atoms with Crippen LogP contribution < -0.4 is 4.74 Å². The molecule has 0 saturated carbocycles. The number of alkyl halides is 3. The average Bonchev–Trinajstić information content (AvgIpc) is 2.86. The molecule has 0 aliphatic rings. The molecule has 0 fully saturated rings. The number of aromatic nitrogens is 1. The fourth-order valence-electron chi connectivity index (χ4n) is 1.77. The molecule has 9 heteroatoms. The molecule has 0 aliphatic heterocycles. The quantitative estimate of drug-likeness (QED) is 0.728. The first-order valence-corrected chi connectivity index (χ1v) is 7.63. The molecule has 124 valence electrons. The van der Waals surface area contributed by atoms with Crippen LogP contribution in [0.15, 0.2) is 24.3 Å². The van der Waals surface area contributed by atoms with Crippen LogP contribution in [0.25, 0.3) is 0 Å². The van der Waals surface area contributed by atoms with Crippen LogP contribution in [0.1, 0.15) is 27.7 Å². The van der Waals surface area contributed by atoms with Crippen LogP contribution in [0.4, 0.5) is 13.2 Å². The number of thiazole rings is 1. The minimum absolute atomic E-state index is 0.0151. The number of ether oxygens (including phenoxy) is 2. The highest BCUT2D eigenvalue weighted by Gasteiger charge is 2.33. The third-order valence-electron chi connectivity index (χ3n) is 2.72. The number of carbonyl (C=O) groups is 1. The van der Waals surface area contributed by atoms with Crippen LogP contribution in [-0.4, -0.2) is 17.6 Å².